The summed E-state index contributed by atoms with van der Waals surface area (Å²) in [6.07, 6.45) is 6.25. The van der Waals surface area contributed by atoms with Crippen LogP contribution in [0, 0.1) is 0 Å². The molecule has 7 heteroatoms. The normalized spacial score (nSPS) is 10.8. The van der Waals surface area contributed by atoms with Gasteiger partial charge in [0.15, 0.2) is 0 Å². The number of nitrogens with zero attached hydrogens (tertiary/aromatic N) is 2. The fourth-order valence-electron chi connectivity index (χ4n) is 2.91. The summed E-state index contributed by atoms with van der Waals surface area (Å²) >= 11 is 0. The van der Waals surface area contributed by atoms with Crippen molar-refractivity contribution in [3.8, 4) is 5.75 Å². The number of hydrogen-bond donors (Lipinski definition) is 2. The third-order valence-corrected chi connectivity index (χ3v) is 4.42. The van der Waals surface area contributed by atoms with Crippen LogP contribution in [-0.4, -0.2) is 27.4 Å². The molecule has 7 nitrogen and oxygen atoms in total. The van der Waals surface area contributed by atoms with E-state index in [-0.39, 0.29) is 17.6 Å². The Balaban J connectivity index is 1.85. The van der Waals surface area contributed by atoms with Gasteiger partial charge in [0, 0.05) is 24.3 Å². The van der Waals surface area contributed by atoms with E-state index in [0.717, 1.165) is 24.8 Å². The fourth-order valence-corrected chi connectivity index (χ4v) is 2.91. The SMILES string of the molecule is CCCCCOc1cccc2cc(C(=O)NCc3ccncc3)c(=O)n(O)c12. The number of nitrogens with one attached hydrogen (secondary N) is 1. The summed E-state index contributed by atoms with van der Waals surface area (Å²) in [4.78, 5) is 29.0. The molecule has 0 fully saturated rings. The van der Waals surface area contributed by atoms with Crippen molar-refractivity contribution in [3.05, 3.63) is 70.3 Å². The maximum Gasteiger partial charge on any atom is 0.296 e. The van der Waals surface area contributed by atoms with Gasteiger partial charge in [-0.05, 0) is 36.2 Å². The predicted molar refractivity (Wildman–Crippen MR) is 106 cm³/mol. The van der Waals surface area contributed by atoms with Crippen molar-refractivity contribution in [1.29, 1.82) is 0 Å². The summed E-state index contributed by atoms with van der Waals surface area (Å²) in [5.74, 6) is -0.141. The van der Waals surface area contributed by atoms with Crippen LogP contribution in [0.2, 0.25) is 0 Å². The molecule has 0 aliphatic carbocycles. The summed E-state index contributed by atoms with van der Waals surface area (Å²) in [5, 5.41) is 13.6. The van der Waals surface area contributed by atoms with Gasteiger partial charge in [-0.15, -0.1) is 4.73 Å². The van der Waals surface area contributed by atoms with Crippen molar-refractivity contribution in [3.63, 3.8) is 0 Å². The molecule has 0 bridgehead atoms. The van der Waals surface area contributed by atoms with Crippen LogP contribution in [0.1, 0.15) is 42.1 Å². The minimum atomic E-state index is -0.788. The highest BCUT2D eigenvalue weighted by Gasteiger charge is 2.17. The number of carbonyl (C=O) groups is 1. The molecule has 2 aromatic heterocycles. The van der Waals surface area contributed by atoms with Crippen LogP contribution in [0.4, 0.5) is 0 Å². The van der Waals surface area contributed by atoms with Gasteiger partial charge >= 0.3 is 0 Å². The van der Waals surface area contributed by atoms with Crippen LogP contribution in [0.3, 0.4) is 0 Å². The van der Waals surface area contributed by atoms with Crippen LogP contribution in [0.25, 0.3) is 10.9 Å². The van der Waals surface area contributed by atoms with E-state index in [9.17, 15) is 14.8 Å². The Morgan fingerprint density at radius 3 is 2.75 bits per heavy atom. The highest BCUT2D eigenvalue weighted by molar-refractivity contribution is 5.98. The summed E-state index contributed by atoms with van der Waals surface area (Å²) in [7, 11) is 0. The Hall–Kier alpha value is -3.35. The van der Waals surface area contributed by atoms with Crippen LogP contribution >= 0.6 is 0 Å². The van der Waals surface area contributed by atoms with Crippen molar-refractivity contribution >= 4 is 16.8 Å². The number of pyridine rings is 2. The van der Waals surface area contributed by atoms with Gasteiger partial charge in [0.2, 0.25) is 0 Å². The van der Waals surface area contributed by atoms with Gasteiger partial charge in [-0.1, -0.05) is 31.9 Å². The molecule has 3 aromatic rings. The molecule has 0 saturated heterocycles. The van der Waals surface area contributed by atoms with Gasteiger partial charge in [0.1, 0.15) is 16.8 Å². The summed E-state index contributed by atoms with van der Waals surface area (Å²) < 4.78 is 6.23. The van der Waals surface area contributed by atoms with Crippen LogP contribution in [0.15, 0.2) is 53.6 Å². The Bertz CT molecular complexity index is 1020. The summed E-state index contributed by atoms with van der Waals surface area (Å²) in [6, 6.07) is 10.2. The zero-order valence-electron chi connectivity index (χ0n) is 15.7. The Morgan fingerprint density at radius 1 is 1.21 bits per heavy atom. The fraction of sp³-hybridized carbons (Fsp3) is 0.286. The number of rotatable bonds is 8. The monoisotopic (exact) mass is 381 g/mol. The second-order valence-corrected chi connectivity index (χ2v) is 6.46. The first kappa shape index (κ1) is 19.4. The second-order valence-electron chi connectivity index (χ2n) is 6.46. The lowest BCUT2D eigenvalue weighted by Crippen LogP contribution is -2.32. The van der Waals surface area contributed by atoms with Crippen molar-refractivity contribution in [2.24, 2.45) is 0 Å². The maximum absolute atomic E-state index is 12.6. The first-order valence-corrected chi connectivity index (χ1v) is 9.29. The molecule has 0 atom stereocenters. The molecule has 0 spiro atoms. The molecule has 2 heterocycles. The van der Waals surface area contributed by atoms with E-state index in [1.54, 1.807) is 42.7 Å². The Labute approximate surface area is 162 Å². The highest BCUT2D eigenvalue weighted by Crippen LogP contribution is 2.25. The van der Waals surface area contributed by atoms with Gasteiger partial charge < -0.3 is 15.3 Å². The molecule has 0 aliphatic heterocycles. The molecule has 1 amide bonds. The summed E-state index contributed by atoms with van der Waals surface area (Å²) in [5.41, 5.74) is 0.197. The first-order chi connectivity index (χ1) is 13.6. The molecule has 1 aromatic carbocycles. The van der Waals surface area contributed by atoms with Gasteiger partial charge in [-0.3, -0.25) is 14.6 Å². The van der Waals surface area contributed by atoms with E-state index in [1.165, 1.54) is 6.07 Å². The number of ether oxygens (including phenoxy) is 1. The average Bonchev–Trinajstić information content (AvgIpc) is 2.72. The summed E-state index contributed by atoms with van der Waals surface area (Å²) in [6.45, 7) is 2.85. The highest BCUT2D eigenvalue weighted by atomic mass is 16.5. The minimum Gasteiger partial charge on any atom is -0.491 e. The number of fused-ring (bicyclic) bond motifs is 1. The smallest absolute Gasteiger partial charge is 0.296 e. The van der Waals surface area contributed by atoms with Gasteiger partial charge in [-0.2, -0.15) is 0 Å². The van der Waals surface area contributed by atoms with Crippen LogP contribution < -0.4 is 15.6 Å². The molecule has 146 valence electrons. The quantitative estimate of drug-likeness (QED) is 0.462. The van der Waals surface area contributed by atoms with Crippen molar-refractivity contribution in [2.45, 2.75) is 32.7 Å². The molecule has 0 unspecified atom stereocenters. The van der Waals surface area contributed by atoms with Crippen molar-refractivity contribution < 1.29 is 14.7 Å². The number of para-hydroxylation sites is 1. The number of aromatic nitrogens is 2. The number of unbranched alkanes of at least 4 members (excludes halogenated alkanes) is 2. The van der Waals surface area contributed by atoms with Gasteiger partial charge in [-0.25, -0.2) is 0 Å². The van der Waals surface area contributed by atoms with Crippen molar-refractivity contribution in [1.82, 2.24) is 15.0 Å². The van der Waals surface area contributed by atoms with Gasteiger partial charge in [0.25, 0.3) is 11.5 Å². The van der Waals surface area contributed by atoms with Crippen LogP contribution in [0.5, 0.6) is 5.75 Å². The standard InChI is InChI=1S/C21H23N3O4/c1-2-3-4-12-28-18-7-5-6-16-13-17(21(26)24(27)19(16)18)20(25)23-14-15-8-10-22-11-9-15/h5-11,13,27H,2-4,12,14H2,1H3,(H,23,25). The minimum absolute atomic E-state index is 0.132. The molecular formula is C21H23N3O4. The number of carbonyl (C=O) groups excluding carboxylic acids is 1. The molecule has 2 N–H and O–H groups in total. The zero-order chi connectivity index (χ0) is 19.9. The maximum atomic E-state index is 12.6. The molecule has 0 saturated carbocycles. The number of amides is 1. The zero-order valence-corrected chi connectivity index (χ0v) is 15.7. The Morgan fingerprint density at radius 2 is 2.00 bits per heavy atom. The second kappa shape index (κ2) is 9.03. The van der Waals surface area contributed by atoms with E-state index in [0.29, 0.717) is 22.5 Å². The lowest BCUT2D eigenvalue weighted by atomic mass is 10.1. The van der Waals surface area contributed by atoms with E-state index in [4.69, 9.17) is 4.74 Å². The third kappa shape index (κ3) is 4.31. The van der Waals surface area contributed by atoms with Gasteiger partial charge in [0.05, 0.1) is 6.61 Å². The van der Waals surface area contributed by atoms with E-state index in [2.05, 4.69) is 17.2 Å². The molecule has 0 radical (unpaired) electrons. The lowest BCUT2D eigenvalue weighted by Gasteiger charge is -2.12. The predicted octanol–water partition coefficient (Wildman–Crippen LogP) is 3.13. The van der Waals surface area contributed by atoms with Crippen molar-refractivity contribution in [2.75, 3.05) is 6.61 Å². The molecule has 3 rings (SSSR count). The topological polar surface area (TPSA) is 93.5 Å². The van der Waals surface area contributed by atoms with E-state index >= 15 is 0 Å². The largest absolute Gasteiger partial charge is 0.491 e. The lowest BCUT2D eigenvalue weighted by molar-refractivity contribution is 0.0943. The van der Waals surface area contributed by atoms with Crippen LogP contribution in [-0.2, 0) is 6.54 Å². The van der Waals surface area contributed by atoms with E-state index in [1.807, 2.05) is 0 Å². The Kier molecular flexibility index (Phi) is 6.26. The third-order valence-electron chi connectivity index (χ3n) is 4.42. The molecular weight excluding hydrogens is 358 g/mol. The average molecular weight is 381 g/mol. The molecule has 28 heavy (non-hydrogen) atoms. The number of hydrogen-bond acceptors (Lipinski definition) is 5. The van der Waals surface area contributed by atoms with E-state index < -0.39 is 11.5 Å². The first-order valence-electron chi connectivity index (χ1n) is 9.29. The number of benzene rings is 1. The molecule has 0 aliphatic rings.